The minimum Gasteiger partial charge on any atom is -0.254 e. The minimum absolute atomic E-state index is 0.298. The molecule has 3 aromatic carbocycles. The van der Waals surface area contributed by atoms with Crippen molar-refractivity contribution < 1.29 is 8.60 Å². The Morgan fingerprint density at radius 2 is 1.71 bits per heavy atom. The van der Waals surface area contributed by atoms with Crippen LogP contribution in [-0.4, -0.2) is 4.21 Å². The predicted molar refractivity (Wildman–Crippen MR) is 88.2 cm³/mol. The maximum Gasteiger partial charge on any atom is 0.123 e. The summed E-state index contributed by atoms with van der Waals surface area (Å²) < 4.78 is 26.6. The van der Waals surface area contributed by atoms with Crippen LogP contribution in [0.3, 0.4) is 0 Å². The van der Waals surface area contributed by atoms with Crippen LogP contribution in [0.25, 0.3) is 10.8 Å². The Balaban J connectivity index is 1.89. The van der Waals surface area contributed by atoms with Crippen molar-refractivity contribution in [3.05, 3.63) is 76.5 Å². The summed E-state index contributed by atoms with van der Waals surface area (Å²) in [6.07, 6.45) is 0. The van der Waals surface area contributed by atoms with Gasteiger partial charge in [-0.3, -0.25) is 4.21 Å². The van der Waals surface area contributed by atoms with Gasteiger partial charge in [-0.2, -0.15) is 0 Å². The van der Waals surface area contributed by atoms with Crippen LogP contribution < -0.4 is 0 Å². The van der Waals surface area contributed by atoms with Crippen LogP contribution in [0.1, 0.15) is 5.56 Å². The third-order valence-corrected chi connectivity index (χ3v) is 5.09. The Kier molecular flexibility index (Phi) is 4.17. The van der Waals surface area contributed by atoms with Gasteiger partial charge in [0.05, 0.1) is 16.6 Å². The summed E-state index contributed by atoms with van der Waals surface area (Å²) in [5.41, 5.74) is 0.740. The highest BCUT2D eigenvalue weighted by molar-refractivity contribution is 9.10. The van der Waals surface area contributed by atoms with Gasteiger partial charge >= 0.3 is 0 Å². The molecule has 0 spiro atoms. The lowest BCUT2D eigenvalue weighted by atomic mass is 10.1. The molecule has 3 aromatic rings. The highest BCUT2D eigenvalue weighted by atomic mass is 79.9. The molecule has 0 aromatic heterocycles. The van der Waals surface area contributed by atoms with Gasteiger partial charge in [-0.05, 0) is 52.7 Å². The summed E-state index contributed by atoms with van der Waals surface area (Å²) in [5, 5.41) is 2.14. The van der Waals surface area contributed by atoms with Crippen LogP contribution in [0.2, 0.25) is 0 Å². The van der Waals surface area contributed by atoms with Crippen LogP contribution in [0, 0.1) is 5.82 Å². The molecule has 0 amide bonds. The van der Waals surface area contributed by atoms with Gasteiger partial charge in [0, 0.05) is 9.37 Å². The summed E-state index contributed by atoms with van der Waals surface area (Å²) in [6, 6.07) is 18.0. The first-order chi connectivity index (χ1) is 10.1. The van der Waals surface area contributed by atoms with Crippen LogP contribution in [0.15, 0.2) is 70.0 Å². The zero-order valence-corrected chi connectivity index (χ0v) is 13.5. The molecule has 0 aliphatic rings. The number of hydrogen-bond donors (Lipinski definition) is 0. The van der Waals surface area contributed by atoms with Crippen LogP contribution in [0.5, 0.6) is 0 Å². The summed E-state index contributed by atoms with van der Waals surface area (Å²) in [5.74, 6) is 0.0210. The fourth-order valence-corrected chi connectivity index (χ4v) is 3.70. The van der Waals surface area contributed by atoms with Crippen molar-refractivity contribution in [2.75, 3.05) is 0 Å². The predicted octanol–water partition coefficient (Wildman–Crippen LogP) is 5.05. The first-order valence-electron chi connectivity index (χ1n) is 6.44. The monoisotopic (exact) mass is 362 g/mol. The van der Waals surface area contributed by atoms with E-state index in [1.165, 1.54) is 12.1 Å². The molecule has 3 rings (SSSR count). The van der Waals surface area contributed by atoms with Crippen LogP contribution in [-0.2, 0) is 16.6 Å². The van der Waals surface area contributed by atoms with Crippen molar-refractivity contribution in [3.8, 4) is 0 Å². The number of halogens is 2. The van der Waals surface area contributed by atoms with Gasteiger partial charge in [0.15, 0.2) is 0 Å². The maximum absolute atomic E-state index is 13.2. The van der Waals surface area contributed by atoms with E-state index < -0.39 is 10.8 Å². The first-order valence-corrected chi connectivity index (χ1v) is 8.55. The molecule has 0 aliphatic carbocycles. The zero-order valence-electron chi connectivity index (χ0n) is 11.1. The molecule has 21 heavy (non-hydrogen) atoms. The molecule has 0 fully saturated rings. The van der Waals surface area contributed by atoms with Crippen molar-refractivity contribution in [2.45, 2.75) is 10.6 Å². The third-order valence-electron chi connectivity index (χ3n) is 3.22. The highest BCUT2D eigenvalue weighted by Gasteiger charge is 2.07. The van der Waals surface area contributed by atoms with E-state index in [4.69, 9.17) is 0 Å². The Morgan fingerprint density at radius 1 is 0.952 bits per heavy atom. The molecule has 1 nitrogen and oxygen atoms in total. The molecule has 1 atom stereocenters. The second-order valence-corrected chi connectivity index (χ2v) is 7.14. The van der Waals surface area contributed by atoms with Gasteiger partial charge in [-0.25, -0.2) is 4.39 Å². The van der Waals surface area contributed by atoms with E-state index in [-0.39, 0.29) is 5.82 Å². The molecule has 0 saturated carbocycles. The van der Waals surface area contributed by atoms with Crippen molar-refractivity contribution in [3.63, 3.8) is 0 Å². The van der Waals surface area contributed by atoms with Crippen LogP contribution in [0.4, 0.5) is 4.39 Å². The lowest BCUT2D eigenvalue weighted by molar-refractivity contribution is 0.626. The Hall–Kier alpha value is -1.52. The number of rotatable bonds is 3. The number of benzene rings is 3. The average Bonchev–Trinajstić information content (AvgIpc) is 2.46. The lowest BCUT2D eigenvalue weighted by Crippen LogP contribution is -1.97. The van der Waals surface area contributed by atoms with Gasteiger partial charge in [-0.1, -0.05) is 40.2 Å². The second-order valence-electron chi connectivity index (χ2n) is 4.77. The molecule has 0 heterocycles. The molecule has 4 heteroatoms. The standard InChI is InChI=1S/C17H12BrFOS/c18-15-6-4-14-10-17(7-5-13(14)9-15)21(20)11-12-2-1-3-16(19)8-12/h1-10H,11H2. The van der Waals surface area contributed by atoms with E-state index in [1.54, 1.807) is 12.1 Å². The maximum atomic E-state index is 13.2. The summed E-state index contributed by atoms with van der Waals surface area (Å²) in [7, 11) is -1.18. The molecule has 106 valence electrons. The van der Waals surface area contributed by atoms with Crippen molar-refractivity contribution in [1.82, 2.24) is 0 Å². The van der Waals surface area contributed by atoms with Crippen LogP contribution >= 0.6 is 15.9 Å². The molecular formula is C17H12BrFOS. The molecule has 1 unspecified atom stereocenters. The second kappa shape index (κ2) is 6.08. The first kappa shape index (κ1) is 14.4. The van der Waals surface area contributed by atoms with Crippen molar-refractivity contribution in [2.24, 2.45) is 0 Å². The normalized spacial score (nSPS) is 12.5. The highest BCUT2D eigenvalue weighted by Crippen LogP contribution is 2.23. The molecular weight excluding hydrogens is 351 g/mol. The number of hydrogen-bond acceptors (Lipinski definition) is 1. The zero-order chi connectivity index (χ0) is 14.8. The SMILES string of the molecule is O=S(Cc1cccc(F)c1)c1ccc2cc(Br)ccc2c1. The number of fused-ring (bicyclic) bond motifs is 1. The molecule has 0 saturated heterocycles. The summed E-state index contributed by atoms with van der Waals surface area (Å²) >= 11 is 3.44. The van der Waals surface area contributed by atoms with Gasteiger partial charge in [0.1, 0.15) is 5.82 Å². The van der Waals surface area contributed by atoms with Gasteiger partial charge in [-0.15, -0.1) is 0 Å². The van der Waals surface area contributed by atoms with E-state index in [9.17, 15) is 8.60 Å². The smallest absolute Gasteiger partial charge is 0.123 e. The van der Waals surface area contributed by atoms with E-state index in [0.717, 1.165) is 25.7 Å². The quantitative estimate of drug-likeness (QED) is 0.637. The van der Waals surface area contributed by atoms with E-state index >= 15 is 0 Å². The lowest BCUT2D eigenvalue weighted by Gasteiger charge is -2.05. The Labute approximate surface area is 133 Å². The Bertz CT molecular complexity index is 832. The van der Waals surface area contributed by atoms with Crippen molar-refractivity contribution >= 4 is 37.5 Å². The van der Waals surface area contributed by atoms with Crippen molar-refractivity contribution in [1.29, 1.82) is 0 Å². The summed E-state index contributed by atoms with van der Waals surface area (Å²) in [6.45, 7) is 0. The molecule has 0 aliphatic heterocycles. The fraction of sp³-hybridized carbons (Fsp3) is 0.0588. The molecule has 0 bridgehead atoms. The topological polar surface area (TPSA) is 17.1 Å². The minimum atomic E-state index is -1.18. The van der Waals surface area contributed by atoms with Gasteiger partial charge in [0.2, 0.25) is 0 Å². The van der Waals surface area contributed by atoms with E-state index in [2.05, 4.69) is 15.9 Å². The molecule has 0 radical (unpaired) electrons. The fourth-order valence-electron chi connectivity index (χ4n) is 2.20. The average molecular weight is 363 g/mol. The van der Waals surface area contributed by atoms with Gasteiger partial charge < -0.3 is 0 Å². The van der Waals surface area contributed by atoms with E-state index in [0.29, 0.717) is 5.75 Å². The summed E-state index contributed by atoms with van der Waals surface area (Å²) in [4.78, 5) is 0.758. The Morgan fingerprint density at radius 3 is 2.52 bits per heavy atom. The molecule has 0 N–H and O–H groups in total. The van der Waals surface area contributed by atoms with Gasteiger partial charge in [0.25, 0.3) is 0 Å². The largest absolute Gasteiger partial charge is 0.254 e. The third kappa shape index (κ3) is 3.39. The van der Waals surface area contributed by atoms with E-state index in [1.807, 2.05) is 36.4 Å².